The summed E-state index contributed by atoms with van der Waals surface area (Å²) in [6.45, 7) is 8.76. The predicted octanol–water partition coefficient (Wildman–Crippen LogP) is 4.74. The van der Waals surface area contributed by atoms with E-state index in [-0.39, 0.29) is 0 Å². The Hall–Kier alpha value is 0.0800. The molecule has 0 atom stereocenters. The number of nitriles is 1. The van der Waals surface area contributed by atoms with E-state index < -0.39 is 6.80 Å². The minimum Gasteiger partial charge on any atom is -0.301 e. The standard InChI is InChI=1S/C8H19O3PS2.C4H5N/c1-4-10-12(9,11-5-2)14-8-7-13-6-3;1-4(2)3-5/h4-8H2,1-3H3;1H2,2H3. The smallest absolute Gasteiger partial charge is 0.301 e. The first-order valence-corrected chi connectivity index (χ1v) is 10.4. The number of allylic oxidation sites excluding steroid dienone is 1. The van der Waals surface area contributed by atoms with Crippen molar-refractivity contribution < 1.29 is 13.6 Å². The highest BCUT2D eigenvalue weighted by molar-refractivity contribution is 8.55. The van der Waals surface area contributed by atoms with Gasteiger partial charge in [-0.3, -0.25) is 0 Å². The van der Waals surface area contributed by atoms with Gasteiger partial charge in [0.05, 0.1) is 19.3 Å². The van der Waals surface area contributed by atoms with Gasteiger partial charge in [-0.15, -0.1) is 0 Å². The van der Waals surface area contributed by atoms with Crippen LogP contribution in [0.15, 0.2) is 12.2 Å². The SMILES string of the molecule is C=C(C)C#N.CCOP(=O)(OCC)SCCSCC. The summed E-state index contributed by atoms with van der Waals surface area (Å²) in [4.78, 5) is 0. The zero-order valence-corrected chi connectivity index (χ0v) is 14.7. The number of rotatable bonds is 9. The van der Waals surface area contributed by atoms with Gasteiger partial charge in [-0.2, -0.15) is 17.0 Å². The molecule has 0 saturated carbocycles. The zero-order valence-electron chi connectivity index (χ0n) is 12.2. The molecule has 112 valence electrons. The van der Waals surface area contributed by atoms with Crippen molar-refractivity contribution in [3.8, 4) is 6.07 Å². The molecule has 0 spiro atoms. The van der Waals surface area contributed by atoms with Crippen molar-refractivity contribution in [1.29, 1.82) is 5.26 Å². The van der Waals surface area contributed by atoms with Crippen molar-refractivity contribution >= 4 is 29.9 Å². The molecule has 0 N–H and O–H groups in total. The van der Waals surface area contributed by atoms with E-state index in [9.17, 15) is 4.57 Å². The van der Waals surface area contributed by atoms with Crippen LogP contribution < -0.4 is 0 Å². The van der Waals surface area contributed by atoms with Crippen LogP contribution in [0, 0.1) is 11.3 Å². The van der Waals surface area contributed by atoms with Crippen LogP contribution >= 0.6 is 29.9 Å². The van der Waals surface area contributed by atoms with Gasteiger partial charge in [-0.05, 0) is 37.9 Å². The molecule has 0 heterocycles. The molecule has 0 aliphatic rings. The maximum absolute atomic E-state index is 11.9. The Morgan fingerprint density at radius 3 is 2.05 bits per heavy atom. The summed E-state index contributed by atoms with van der Waals surface area (Å²) in [7, 11) is 0. The molecule has 0 fully saturated rings. The molecule has 0 aromatic heterocycles. The fourth-order valence-corrected chi connectivity index (χ4v) is 5.34. The quantitative estimate of drug-likeness (QED) is 0.347. The van der Waals surface area contributed by atoms with Crippen LogP contribution in [-0.4, -0.2) is 30.5 Å². The van der Waals surface area contributed by atoms with Crippen LogP contribution in [0.1, 0.15) is 27.7 Å². The van der Waals surface area contributed by atoms with Crippen LogP contribution in [0.25, 0.3) is 0 Å². The number of nitrogens with zero attached hydrogens (tertiary/aromatic N) is 1. The van der Waals surface area contributed by atoms with E-state index in [0.717, 1.165) is 17.3 Å². The Morgan fingerprint density at radius 2 is 1.74 bits per heavy atom. The second-order valence-electron chi connectivity index (χ2n) is 3.21. The number of thioether (sulfide) groups is 1. The zero-order chi connectivity index (χ0) is 15.1. The first-order valence-electron chi connectivity index (χ1n) is 6.12. The van der Waals surface area contributed by atoms with E-state index in [2.05, 4.69) is 13.5 Å². The van der Waals surface area contributed by atoms with Gasteiger partial charge in [-0.25, -0.2) is 4.57 Å². The molecule has 0 saturated heterocycles. The van der Waals surface area contributed by atoms with Crippen LogP contribution in [0.5, 0.6) is 0 Å². The lowest BCUT2D eigenvalue weighted by Crippen LogP contribution is -1.94. The molecule has 0 unspecified atom stereocenters. The molecule has 0 aromatic rings. The van der Waals surface area contributed by atoms with Gasteiger partial charge in [0.1, 0.15) is 0 Å². The third-order valence-corrected chi connectivity index (χ3v) is 6.59. The van der Waals surface area contributed by atoms with Gasteiger partial charge in [0.2, 0.25) is 0 Å². The Balaban J connectivity index is 0. The van der Waals surface area contributed by atoms with E-state index in [1.165, 1.54) is 11.4 Å². The maximum Gasteiger partial charge on any atom is 0.389 e. The molecule has 4 nitrogen and oxygen atoms in total. The summed E-state index contributed by atoms with van der Waals surface area (Å²) in [5, 5.41) is 7.79. The van der Waals surface area contributed by atoms with Gasteiger partial charge in [0.15, 0.2) is 0 Å². The summed E-state index contributed by atoms with van der Waals surface area (Å²) in [6.07, 6.45) is 0. The van der Waals surface area contributed by atoms with Crippen molar-refractivity contribution in [2.24, 2.45) is 0 Å². The Bertz CT molecular complexity index is 309. The van der Waals surface area contributed by atoms with Crippen molar-refractivity contribution in [3.63, 3.8) is 0 Å². The highest BCUT2D eigenvalue weighted by Crippen LogP contribution is 2.60. The molecule has 0 bridgehead atoms. The summed E-state index contributed by atoms with van der Waals surface area (Å²) in [5.74, 6) is 2.90. The number of hydrogen-bond acceptors (Lipinski definition) is 6. The Labute approximate surface area is 125 Å². The topological polar surface area (TPSA) is 59.3 Å². The third-order valence-electron chi connectivity index (χ3n) is 1.45. The first kappa shape index (κ1) is 21.4. The van der Waals surface area contributed by atoms with E-state index in [0.29, 0.717) is 18.8 Å². The summed E-state index contributed by atoms with van der Waals surface area (Å²) >= 11 is 3.14. The third kappa shape index (κ3) is 16.0. The summed E-state index contributed by atoms with van der Waals surface area (Å²) < 4.78 is 22.2. The largest absolute Gasteiger partial charge is 0.389 e. The van der Waals surface area contributed by atoms with Crippen LogP contribution in [0.4, 0.5) is 0 Å². The van der Waals surface area contributed by atoms with Crippen molar-refractivity contribution in [2.45, 2.75) is 27.7 Å². The monoisotopic (exact) mass is 325 g/mol. The van der Waals surface area contributed by atoms with E-state index in [1.807, 2.05) is 31.7 Å². The van der Waals surface area contributed by atoms with Gasteiger partial charge < -0.3 is 9.05 Å². The molecule has 0 aromatic carbocycles. The second kappa shape index (κ2) is 14.5. The molecular formula is C12H24NO3PS2. The van der Waals surface area contributed by atoms with Gasteiger partial charge >= 0.3 is 6.80 Å². The summed E-state index contributed by atoms with van der Waals surface area (Å²) in [5.41, 5.74) is 0.560. The van der Waals surface area contributed by atoms with E-state index in [4.69, 9.17) is 14.3 Å². The van der Waals surface area contributed by atoms with Crippen LogP contribution in [0.3, 0.4) is 0 Å². The average Bonchev–Trinajstić information content (AvgIpc) is 2.36. The lowest BCUT2D eigenvalue weighted by atomic mass is 10.4. The van der Waals surface area contributed by atoms with Crippen LogP contribution in [0.2, 0.25) is 0 Å². The lowest BCUT2D eigenvalue weighted by Gasteiger charge is -2.15. The molecule has 0 radical (unpaired) electrons. The highest BCUT2D eigenvalue weighted by Gasteiger charge is 2.23. The second-order valence-corrected chi connectivity index (χ2v) is 8.79. The van der Waals surface area contributed by atoms with Crippen molar-refractivity contribution in [3.05, 3.63) is 12.2 Å². The molecule has 0 amide bonds. The fraction of sp³-hybridized carbons (Fsp3) is 0.750. The van der Waals surface area contributed by atoms with Crippen molar-refractivity contribution in [2.75, 3.05) is 30.5 Å². The van der Waals surface area contributed by atoms with E-state index >= 15 is 0 Å². The molecule has 0 aliphatic heterocycles. The van der Waals surface area contributed by atoms with E-state index in [1.54, 1.807) is 6.92 Å². The lowest BCUT2D eigenvalue weighted by molar-refractivity contribution is 0.237. The minimum absolute atomic E-state index is 0.436. The maximum atomic E-state index is 11.9. The molecule has 0 aliphatic carbocycles. The van der Waals surface area contributed by atoms with Gasteiger partial charge in [-0.1, -0.05) is 13.5 Å². The first-order chi connectivity index (χ1) is 8.95. The molecule has 19 heavy (non-hydrogen) atoms. The average molecular weight is 325 g/mol. The Kier molecular flexibility index (Phi) is 16.3. The molecule has 0 rings (SSSR count). The molecule has 7 heteroatoms. The Morgan fingerprint density at radius 1 is 1.26 bits per heavy atom. The molecular weight excluding hydrogens is 301 g/mol. The fourth-order valence-electron chi connectivity index (χ4n) is 0.780. The van der Waals surface area contributed by atoms with Gasteiger partial charge in [0.25, 0.3) is 0 Å². The number of hydrogen-bond donors (Lipinski definition) is 0. The normalized spacial score (nSPS) is 10.3. The minimum atomic E-state index is -2.86. The van der Waals surface area contributed by atoms with Crippen molar-refractivity contribution in [1.82, 2.24) is 0 Å². The predicted molar refractivity (Wildman–Crippen MR) is 86.7 cm³/mol. The van der Waals surface area contributed by atoms with Crippen LogP contribution in [-0.2, 0) is 13.6 Å². The summed E-state index contributed by atoms with van der Waals surface area (Å²) in [6, 6.07) is 1.83. The highest BCUT2D eigenvalue weighted by atomic mass is 32.7. The van der Waals surface area contributed by atoms with Gasteiger partial charge in [0, 0.05) is 17.1 Å².